The zero-order valence-electron chi connectivity index (χ0n) is 15.6. The summed E-state index contributed by atoms with van der Waals surface area (Å²) in [6, 6.07) is 13.5. The number of nitrogens with one attached hydrogen (secondary N) is 1. The van der Waals surface area contributed by atoms with Crippen molar-refractivity contribution < 1.29 is 19.1 Å². The number of ether oxygens (including phenoxy) is 2. The molecule has 7 heteroatoms. The van der Waals surface area contributed by atoms with Gasteiger partial charge in [-0.25, -0.2) is 5.01 Å². The molecule has 0 saturated heterocycles. The largest absolute Gasteiger partial charge is 0.454 e. The molecule has 0 spiro atoms. The quantitative estimate of drug-likeness (QED) is 0.865. The number of hydrazone groups is 1. The minimum Gasteiger partial charge on any atom is -0.454 e. The number of benzene rings is 2. The number of carbonyl (C=O) groups excluding carboxylic acids is 2. The summed E-state index contributed by atoms with van der Waals surface area (Å²) in [5, 5.41) is 8.49. The van der Waals surface area contributed by atoms with E-state index in [0.717, 1.165) is 22.4 Å². The highest BCUT2D eigenvalue weighted by molar-refractivity contribution is 6.04. The predicted octanol–water partition coefficient (Wildman–Crippen LogP) is 2.37. The normalized spacial score (nSPS) is 15.4. The van der Waals surface area contributed by atoms with Gasteiger partial charge in [0.2, 0.25) is 18.6 Å². The van der Waals surface area contributed by atoms with Crippen LogP contribution < -0.4 is 14.8 Å². The fourth-order valence-corrected chi connectivity index (χ4v) is 3.12. The summed E-state index contributed by atoms with van der Waals surface area (Å²) in [4.78, 5) is 24.5. The molecule has 0 radical (unpaired) electrons. The first-order valence-corrected chi connectivity index (χ1v) is 9.18. The monoisotopic (exact) mass is 379 g/mol. The summed E-state index contributed by atoms with van der Waals surface area (Å²) in [7, 11) is 0. The molecule has 2 aliphatic heterocycles. The number of hydrogen-bond acceptors (Lipinski definition) is 5. The third kappa shape index (κ3) is 3.98. The minimum atomic E-state index is -0.264. The predicted molar refractivity (Wildman–Crippen MR) is 103 cm³/mol. The lowest BCUT2D eigenvalue weighted by molar-refractivity contribution is -0.136. The number of nitrogens with zero attached hydrogens (tertiary/aromatic N) is 2. The van der Waals surface area contributed by atoms with Crippen molar-refractivity contribution in [2.75, 3.05) is 13.3 Å². The lowest BCUT2D eigenvalue weighted by Gasteiger charge is -2.23. The Balaban J connectivity index is 1.38. The highest BCUT2D eigenvalue weighted by Gasteiger charge is 2.23. The molecule has 2 heterocycles. The van der Waals surface area contributed by atoms with E-state index >= 15 is 0 Å². The van der Waals surface area contributed by atoms with Gasteiger partial charge in [0, 0.05) is 19.4 Å². The number of rotatable bonds is 5. The average Bonchev–Trinajstić information content (AvgIpc) is 3.17. The van der Waals surface area contributed by atoms with E-state index in [1.54, 1.807) is 0 Å². The molecule has 0 unspecified atom stereocenters. The molecule has 0 saturated carbocycles. The summed E-state index contributed by atoms with van der Waals surface area (Å²) in [6.45, 7) is 2.47. The molecule has 7 nitrogen and oxygen atoms in total. The average molecular weight is 379 g/mol. The molecule has 0 aliphatic carbocycles. The van der Waals surface area contributed by atoms with E-state index in [-0.39, 0.29) is 25.2 Å². The van der Waals surface area contributed by atoms with Crippen LogP contribution in [0.4, 0.5) is 0 Å². The Kier molecular flexibility index (Phi) is 4.97. The summed E-state index contributed by atoms with van der Waals surface area (Å²) in [5.41, 5.74) is 3.86. The summed E-state index contributed by atoms with van der Waals surface area (Å²) >= 11 is 0. The van der Waals surface area contributed by atoms with Crippen molar-refractivity contribution in [2.45, 2.75) is 26.3 Å². The summed E-state index contributed by atoms with van der Waals surface area (Å²) in [6.07, 6.45) is 0.930. The lowest BCUT2D eigenvalue weighted by atomic mass is 10.0. The van der Waals surface area contributed by atoms with Gasteiger partial charge in [-0.3, -0.25) is 9.59 Å². The van der Waals surface area contributed by atoms with E-state index < -0.39 is 0 Å². The maximum absolute atomic E-state index is 12.3. The van der Waals surface area contributed by atoms with Crippen molar-refractivity contribution in [1.29, 1.82) is 0 Å². The van der Waals surface area contributed by atoms with Gasteiger partial charge in [-0.15, -0.1) is 0 Å². The van der Waals surface area contributed by atoms with Gasteiger partial charge in [0.25, 0.3) is 0 Å². The van der Waals surface area contributed by atoms with Crippen LogP contribution in [0.15, 0.2) is 47.6 Å². The van der Waals surface area contributed by atoms with Gasteiger partial charge in [-0.1, -0.05) is 35.9 Å². The summed E-state index contributed by atoms with van der Waals surface area (Å²) in [5.74, 6) is 0.964. The maximum Gasteiger partial charge on any atom is 0.243 e. The van der Waals surface area contributed by atoms with E-state index in [9.17, 15) is 9.59 Å². The zero-order valence-corrected chi connectivity index (χ0v) is 15.6. The van der Waals surface area contributed by atoms with Crippen LogP contribution in [0.3, 0.4) is 0 Å². The second-order valence-electron chi connectivity index (χ2n) is 6.83. The fraction of sp³-hybridized carbons (Fsp3) is 0.286. The molecule has 0 aromatic heterocycles. The summed E-state index contributed by atoms with van der Waals surface area (Å²) < 4.78 is 10.6. The van der Waals surface area contributed by atoms with Crippen LogP contribution in [-0.4, -0.2) is 35.9 Å². The molecule has 28 heavy (non-hydrogen) atoms. The minimum absolute atomic E-state index is 0.0985. The number of carbonyl (C=O) groups is 2. The van der Waals surface area contributed by atoms with Crippen LogP contribution in [0, 0.1) is 6.92 Å². The Morgan fingerprint density at radius 2 is 1.89 bits per heavy atom. The van der Waals surface area contributed by atoms with Crippen molar-refractivity contribution in [1.82, 2.24) is 10.3 Å². The highest BCUT2D eigenvalue weighted by Crippen LogP contribution is 2.32. The maximum atomic E-state index is 12.3. The zero-order chi connectivity index (χ0) is 19.5. The molecule has 1 N–H and O–H groups in total. The Bertz CT molecular complexity index is 937. The van der Waals surface area contributed by atoms with Crippen molar-refractivity contribution in [3.05, 3.63) is 59.2 Å². The molecule has 2 aromatic rings. The van der Waals surface area contributed by atoms with Gasteiger partial charge in [0.15, 0.2) is 11.5 Å². The Labute approximate surface area is 162 Å². The van der Waals surface area contributed by atoms with Gasteiger partial charge < -0.3 is 14.8 Å². The SMILES string of the molecule is Cc1ccc(C2=NN(CC(=O)NCc3ccc4c(c3)OCO4)C(=O)CC2)cc1. The molecule has 4 rings (SSSR count). The third-order valence-electron chi connectivity index (χ3n) is 4.71. The Morgan fingerprint density at radius 3 is 2.71 bits per heavy atom. The molecule has 2 aliphatic rings. The van der Waals surface area contributed by atoms with Gasteiger partial charge in [-0.2, -0.15) is 5.10 Å². The van der Waals surface area contributed by atoms with Crippen LogP contribution in [0.25, 0.3) is 0 Å². The molecule has 0 bridgehead atoms. The molecule has 2 aromatic carbocycles. The first kappa shape index (κ1) is 18.0. The van der Waals surface area contributed by atoms with E-state index in [2.05, 4.69) is 10.4 Å². The number of amides is 2. The molecular formula is C21H21N3O4. The highest BCUT2D eigenvalue weighted by atomic mass is 16.7. The molecule has 2 amide bonds. The van der Waals surface area contributed by atoms with E-state index in [1.807, 2.05) is 49.4 Å². The van der Waals surface area contributed by atoms with Gasteiger partial charge in [-0.05, 0) is 30.2 Å². The van der Waals surface area contributed by atoms with Crippen LogP contribution in [0.5, 0.6) is 11.5 Å². The van der Waals surface area contributed by atoms with Crippen molar-refractivity contribution in [3.63, 3.8) is 0 Å². The van der Waals surface area contributed by atoms with Crippen molar-refractivity contribution in [3.8, 4) is 11.5 Å². The Morgan fingerprint density at radius 1 is 1.11 bits per heavy atom. The van der Waals surface area contributed by atoms with Gasteiger partial charge >= 0.3 is 0 Å². The van der Waals surface area contributed by atoms with Gasteiger partial charge in [0.05, 0.1) is 5.71 Å². The first-order chi connectivity index (χ1) is 13.6. The van der Waals surface area contributed by atoms with E-state index in [1.165, 1.54) is 5.01 Å². The van der Waals surface area contributed by atoms with Crippen LogP contribution in [0.2, 0.25) is 0 Å². The van der Waals surface area contributed by atoms with Crippen molar-refractivity contribution in [2.24, 2.45) is 5.10 Å². The Hall–Kier alpha value is -3.35. The second-order valence-corrected chi connectivity index (χ2v) is 6.83. The molecule has 0 fully saturated rings. The number of fused-ring (bicyclic) bond motifs is 1. The van der Waals surface area contributed by atoms with E-state index in [4.69, 9.17) is 9.47 Å². The van der Waals surface area contributed by atoms with E-state index in [0.29, 0.717) is 30.9 Å². The molecule has 0 atom stereocenters. The molecule has 144 valence electrons. The van der Waals surface area contributed by atoms with Crippen molar-refractivity contribution >= 4 is 17.5 Å². The second kappa shape index (κ2) is 7.72. The third-order valence-corrected chi connectivity index (χ3v) is 4.71. The van der Waals surface area contributed by atoms with Crippen LogP contribution >= 0.6 is 0 Å². The van der Waals surface area contributed by atoms with Crippen LogP contribution in [0.1, 0.15) is 29.5 Å². The molecular weight excluding hydrogens is 358 g/mol. The number of aryl methyl sites for hydroxylation is 1. The van der Waals surface area contributed by atoms with Gasteiger partial charge in [0.1, 0.15) is 6.54 Å². The fourth-order valence-electron chi connectivity index (χ4n) is 3.12. The topological polar surface area (TPSA) is 80.2 Å². The standard InChI is InChI=1S/C21H21N3O4/c1-14-2-5-16(6-3-14)17-7-9-21(26)24(23-17)12-20(25)22-11-15-4-8-18-19(10-15)28-13-27-18/h2-6,8,10H,7,9,11-13H2,1H3,(H,22,25). The van der Waals surface area contributed by atoms with Crippen LogP contribution in [-0.2, 0) is 16.1 Å². The first-order valence-electron chi connectivity index (χ1n) is 9.18. The number of hydrogen-bond donors (Lipinski definition) is 1. The lowest BCUT2D eigenvalue weighted by Crippen LogP contribution is -2.40. The smallest absolute Gasteiger partial charge is 0.243 e.